The largest absolute Gasteiger partial charge is 0.296 e. The molecule has 6 nitrogen and oxygen atoms in total. The molecule has 1 aliphatic rings. The van der Waals surface area contributed by atoms with Crippen molar-refractivity contribution in [1.29, 1.82) is 0 Å². The molecule has 0 atom stereocenters. The number of hydrogen-bond acceptors (Lipinski definition) is 5. The molecule has 4 aromatic rings. The summed E-state index contributed by atoms with van der Waals surface area (Å²) in [6.45, 7) is 0. The summed E-state index contributed by atoms with van der Waals surface area (Å²) in [5, 5.41) is 8.83. The van der Waals surface area contributed by atoms with Gasteiger partial charge in [0.05, 0.1) is 16.8 Å². The molecule has 0 saturated heterocycles. The van der Waals surface area contributed by atoms with Gasteiger partial charge in [0.1, 0.15) is 0 Å². The van der Waals surface area contributed by atoms with Gasteiger partial charge in [-0.15, -0.1) is 11.3 Å². The van der Waals surface area contributed by atoms with E-state index in [0.29, 0.717) is 21.6 Å². The fourth-order valence-corrected chi connectivity index (χ4v) is 4.55. The Labute approximate surface area is 164 Å². The SMILES string of the molecule is O=C(Nc1nc2c(s1)CCC2)c1nn(-c2ccccc2)c(=O)c2ccccc12. The van der Waals surface area contributed by atoms with Crippen LogP contribution in [0.15, 0.2) is 59.4 Å². The molecule has 2 aromatic heterocycles. The minimum Gasteiger partial charge on any atom is -0.296 e. The average molecular weight is 388 g/mol. The first-order valence-corrected chi connectivity index (χ1v) is 9.90. The van der Waals surface area contributed by atoms with E-state index in [1.807, 2.05) is 18.2 Å². The summed E-state index contributed by atoms with van der Waals surface area (Å²) >= 11 is 1.51. The number of nitrogens with zero attached hydrogens (tertiary/aromatic N) is 3. The zero-order chi connectivity index (χ0) is 19.1. The number of anilines is 1. The molecule has 0 unspecified atom stereocenters. The smallest absolute Gasteiger partial charge is 0.279 e. The van der Waals surface area contributed by atoms with Gasteiger partial charge in [0.25, 0.3) is 11.5 Å². The van der Waals surface area contributed by atoms with E-state index in [9.17, 15) is 9.59 Å². The van der Waals surface area contributed by atoms with Crippen molar-refractivity contribution >= 4 is 33.1 Å². The lowest BCUT2D eigenvalue weighted by Gasteiger charge is -2.10. The van der Waals surface area contributed by atoms with Crippen LogP contribution in [-0.2, 0) is 12.8 Å². The number of benzene rings is 2. The quantitative estimate of drug-likeness (QED) is 0.582. The maximum Gasteiger partial charge on any atom is 0.279 e. The fraction of sp³-hybridized carbons (Fsp3) is 0.143. The number of aromatic nitrogens is 3. The Balaban J connectivity index is 1.62. The van der Waals surface area contributed by atoms with Crippen LogP contribution in [-0.4, -0.2) is 20.7 Å². The summed E-state index contributed by atoms with van der Waals surface area (Å²) in [6, 6.07) is 16.1. The molecule has 1 N–H and O–H groups in total. The van der Waals surface area contributed by atoms with Crippen molar-refractivity contribution in [3.05, 3.63) is 81.2 Å². The summed E-state index contributed by atoms with van der Waals surface area (Å²) in [5.74, 6) is -0.367. The third-order valence-electron chi connectivity index (χ3n) is 4.84. The lowest BCUT2D eigenvalue weighted by Crippen LogP contribution is -2.26. The second kappa shape index (κ2) is 6.69. The Morgan fingerprint density at radius 1 is 1.00 bits per heavy atom. The van der Waals surface area contributed by atoms with E-state index in [1.54, 1.807) is 36.4 Å². The molecular formula is C21H16N4O2S. The lowest BCUT2D eigenvalue weighted by molar-refractivity contribution is 0.102. The molecule has 0 bridgehead atoms. The van der Waals surface area contributed by atoms with Crippen molar-refractivity contribution < 1.29 is 4.79 Å². The highest BCUT2D eigenvalue weighted by molar-refractivity contribution is 7.16. The van der Waals surface area contributed by atoms with Crippen LogP contribution in [0.2, 0.25) is 0 Å². The predicted octanol–water partition coefficient (Wildman–Crippen LogP) is 3.58. The lowest BCUT2D eigenvalue weighted by atomic mass is 10.1. The van der Waals surface area contributed by atoms with Crippen molar-refractivity contribution in [1.82, 2.24) is 14.8 Å². The first-order valence-electron chi connectivity index (χ1n) is 9.08. The molecule has 28 heavy (non-hydrogen) atoms. The van der Waals surface area contributed by atoms with Gasteiger partial charge in [-0.1, -0.05) is 36.4 Å². The Morgan fingerprint density at radius 3 is 2.54 bits per heavy atom. The molecule has 138 valence electrons. The van der Waals surface area contributed by atoms with Crippen LogP contribution in [0.25, 0.3) is 16.5 Å². The number of carbonyl (C=O) groups is 1. The molecule has 0 fully saturated rings. The topological polar surface area (TPSA) is 76.9 Å². The number of aryl methyl sites for hydroxylation is 2. The molecule has 0 saturated carbocycles. The van der Waals surface area contributed by atoms with E-state index in [4.69, 9.17) is 0 Å². The first kappa shape index (κ1) is 16.8. The number of thiazole rings is 1. The average Bonchev–Trinajstić information content (AvgIpc) is 3.31. The van der Waals surface area contributed by atoms with E-state index in [-0.39, 0.29) is 17.2 Å². The van der Waals surface area contributed by atoms with Crippen LogP contribution in [0.1, 0.15) is 27.5 Å². The van der Waals surface area contributed by atoms with E-state index >= 15 is 0 Å². The molecule has 1 amide bonds. The standard InChI is InChI=1S/C21H16N4O2S/c26-19(23-21-22-16-11-6-12-17(16)28-21)18-14-9-4-5-10-15(14)20(27)25(24-18)13-7-2-1-3-8-13/h1-5,7-10H,6,11-12H2,(H,22,23,26). The van der Waals surface area contributed by atoms with Gasteiger partial charge in [-0.3, -0.25) is 14.9 Å². The van der Waals surface area contributed by atoms with Crippen LogP contribution in [0.5, 0.6) is 0 Å². The maximum atomic E-state index is 13.0. The van der Waals surface area contributed by atoms with Crippen LogP contribution in [0, 0.1) is 0 Å². The van der Waals surface area contributed by atoms with Gasteiger partial charge in [0.15, 0.2) is 10.8 Å². The zero-order valence-electron chi connectivity index (χ0n) is 14.9. The Kier molecular flexibility index (Phi) is 4.02. The van der Waals surface area contributed by atoms with E-state index in [2.05, 4.69) is 15.4 Å². The molecule has 5 rings (SSSR count). The van der Waals surface area contributed by atoms with Crippen LogP contribution in [0.4, 0.5) is 5.13 Å². The van der Waals surface area contributed by atoms with Crippen molar-refractivity contribution in [2.24, 2.45) is 0 Å². The minimum atomic E-state index is -0.367. The second-order valence-electron chi connectivity index (χ2n) is 6.64. The summed E-state index contributed by atoms with van der Waals surface area (Å²) < 4.78 is 1.28. The maximum absolute atomic E-state index is 13.0. The Bertz CT molecular complexity index is 1240. The van der Waals surface area contributed by atoms with Gasteiger partial charge in [0, 0.05) is 10.3 Å². The fourth-order valence-electron chi connectivity index (χ4n) is 3.50. The normalized spacial score (nSPS) is 12.9. The van der Waals surface area contributed by atoms with Crippen molar-refractivity contribution in [2.45, 2.75) is 19.3 Å². The molecule has 0 aliphatic heterocycles. The van der Waals surface area contributed by atoms with Crippen LogP contribution < -0.4 is 10.9 Å². The Morgan fingerprint density at radius 2 is 1.75 bits per heavy atom. The number of fused-ring (bicyclic) bond motifs is 2. The van der Waals surface area contributed by atoms with Gasteiger partial charge in [-0.2, -0.15) is 9.78 Å². The number of hydrogen-bond donors (Lipinski definition) is 1. The number of rotatable bonds is 3. The van der Waals surface area contributed by atoms with Crippen molar-refractivity contribution in [2.75, 3.05) is 5.32 Å². The number of para-hydroxylation sites is 1. The third-order valence-corrected chi connectivity index (χ3v) is 5.91. The summed E-state index contributed by atoms with van der Waals surface area (Å²) in [6.07, 6.45) is 3.10. The highest BCUT2D eigenvalue weighted by atomic mass is 32.1. The number of carbonyl (C=O) groups excluding carboxylic acids is 1. The van der Waals surface area contributed by atoms with Gasteiger partial charge in [-0.25, -0.2) is 4.98 Å². The van der Waals surface area contributed by atoms with Gasteiger partial charge >= 0.3 is 0 Å². The molecule has 0 spiro atoms. The highest BCUT2D eigenvalue weighted by Crippen LogP contribution is 2.30. The van der Waals surface area contributed by atoms with Gasteiger partial charge in [0.2, 0.25) is 0 Å². The predicted molar refractivity (Wildman–Crippen MR) is 109 cm³/mol. The summed E-state index contributed by atoms with van der Waals surface area (Å²) in [4.78, 5) is 31.7. The van der Waals surface area contributed by atoms with Crippen molar-refractivity contribution in [3.63, 3.8) is 0 Å². The molecular weight excluding hydrogens is 372 g/mol. The monoisotopic (exact) mass is 388 g/mol. The Hall–Kier alpha value is -3.32. The van der Waals surface area contributed by atoms with Crippen LogP contribution in [0.3, 0.4) is 0 Å². The first-order chi connectivity index (χ1) is 13.7. The molecule has 7 heteroatoms. The van der Waals surface area contributed by atoms with E-state index < -0.39 is 0 Å². The minimum absolute atomic E-state index is 0.203. The highest BCUT2D eigenvalue weighted by Gasteiger charge is 2.21. The van der Waals surface area contributed by atoms with Crippen molar-refractivity contribution in [3.8, 4) is 5.69 Å². The third kappa shape index (κ3) is 2.80. The zero-order valence-corrected chi connectivity index (χ0v) is 15.7. The number of amides is 1. The molecule has 2 heterocycles. The van der Waals surface area contributed by atoms with Gasteiger partial charge < -0.3 is 0 Å². The van der Waals surface area contributed by atoms with E-state index in [1.165, 1.54) is 20.9 Å². The number of nitrogens with one attached hydrogen (secondary N) is 1. The molecule has 2 aromatic carbocycles. The summed E-state index contributed by atoms with van der Waals surface area (Å²) in [5.41, 5.74) is 1.63. The second-order valence-corrected chi connectivity index (χ2v) is 7.73. The van der Waals surface area contributed by atoms with Crippen LogP contribution >= 0.6 is 11.3 Å². The summed E-state index contributed by atoms with van der Waals surface area (Å²) in [7, 11) is 0. The van der Waals surface area contributed by atoms with E-state index in [0.717, 1.165) is 25.0 Å². The molecule has 1 aliphatic carbocycles. The molecule has 0 radical (unpaired) electrons. The van der Waals surface area contributed by atoms with Gasteiger partial charge in [-0.05, 0) is 37.5 Å².